The van der Waals surface area contributed by atoms with Crippen molar-refractivity contribution in [3.8, 4) is 0 Å². The second-order valence-corrected chi connectivity index (χ2v) is 6.28. The molecule has 0 aromatic heterocycles. The fourth-order valence-corrected chi connectivity index (χ4v) is 3.07. The van der Waals surface area contributed by atoms with Gasteiger partial charge in [-0.25, -0.2) is 0 Å². The van der Waals surface area contributed by atoms with E-state index >= 15 is 0 Å². The molecule has 2 saturated heterocycles. The van der Waals surface area contributed by atoms with Gasteiger partial charge in [-0.3, -0.25) is 9.59 Å². The molecule has 1 atom stereocenters. The predicted molar refractivity (Wildman–Crippen MR) is 78.2 cm³/mol. The Balaban J connectivity index is 1.87. The van der Waals surface area contributed by atoms with Gasteiger partial charge in [-0.15, -0.1) is 0 Å². The molecule has 0 aromatic carbocycles. The first-order chi connectivity index (χ1) is 9.58. The van der Waals surface area contributed by atoms with Crippen molar-refractivity contribution in [2.75, 3.05) is 39.3 Å². The van der Waals surface area contributed by atoms with Crippen molar-refractivity contribution in [3.05, 3.63) is 0 Å². The van der Waals surface area contributed by atoms with Crippen LogP contribution in [-0.2, 0) is 9.59 Å². The fourth-order valence-electron chi connectivity index (χ4n) is 3.07. The van der Waals surface area contributed by atoms with Gasteiger partial charge >= 0.3 is 0 Å². The van der Waals surface area contributed by atoms with Crippen LogP contribution in [0.25, 0.3) is 0 Å². The summed E-state index contributed by atoms with van der Waals surface area (Å²) in [6.07, 6.45) is 2.59. The molecule has 0 aliphatic carbocycles. The number of rotatable bonds is 3. The highest BCUT2D eigenvalue weighted by molar-refractivity contribution is 5.85. The Kier molecular flexibility index (Phi) is 5.40. The summed E-state index contributed by atoms with van der Waals surface area (Å²) in [6, 6.07) is 0. The number of hydrogen-bond donors (Lipinski definition) is 1. The molecular weight excluding hydrogens is 254 g/mol. The topological polar surface area (TPSA) is 52.7 Å². The molecule has 2 amide bonds. The molecule has 0 aromatic rings. The molecule has 5 heteroatoms. The number of piperazine rings is 1. The summed E-state index contributed by atoms with van der Waals surface area (Å²) < 4.78 is 0. The second-order valence-electron chi connectivity index (χ2n) is 6.28. The lowest BCUT2D eigenvalue weighted by Crippen LogP contribution is -2.50. The zero-order chi connectivity index (χ0) is 14.5. The van der Waals surface area contributed by atoms with Crippen molar-refractivity contribution in [2.24, 2.45) is 11.8 Å². The van der Waals surface area contributed by atoms with Gasteiger partial charge in [-0.1, -0.05) is 13.8 Å². The normalized spacial score (nSPS) is 24.9. The minimum atomic E-state index is 0.0999. The standard InChI is InChI=1S/C15H27N3O2/c1-12(2)13-3-4-14(19)18(8-5-13)11-15(20)17-9-6-16-7-10-17/h12-13,16H,3-11H2,1-2H3. The van der Waals surface area contributed by atoms with Gasteiger partial charge in [0.05, 0.1) is 6.54 Å². The van der Waals surface area contributed by atoms with Gasteiger partial charge < -0.3 is 15.1 Å². The second kappa shape index (κ2) is 7.07. The highest BCUT2D eigenvalue weighted by Crippen LogP contribution is 2.25. The Labute approximate surface area is 121 Å². The zero-order valence-corrected chi connectivity index (χ0v) is 12.7. The number of amides is 2. The van der Waals surface area contributed by atoms with E-state index in [1.807, 2.05) is 4.90 Å². The molecule has 0 bridgehead atoms. The Bertz CT molecular complexity index is 351. The van der Waals surface area contributed by atoms with E-state index in [0.717, 1.165) is 45.6 Å². The van der Waals surface area contributed by atoms with Crippen LogP contribution in [-0.4, -0.2) is 60.9 Å². The monoisotopic (exact) mass is 281 g/mol. The third-order valence-electron chi connectivity index (χ3n) is 4.59. The number of likely N-dealkylation sites (tertiary alicyclic amines) is 1. The van der Waals surface area contributed by atoms with Crippen LogP contribution < -0.4 is 5.32 Å². The van der Waals surface area contributed by atoms with E-state index < -0.39 is 0 Å². The van der Waals surface area contributed by atoms with Gasteiger partial charge in [0.15, 0.2) is 0 Å². The number of carbonyl (C=O) groups is 2. The number of nitrogens with one attached hydrogen (secondary N) is 1. The number of nitrogens with zero attached hydrogens (tertiary/aromatic N) is 2. The van der Waals surface area contributed by atoms with Gasteiger partial charge in [0, 0.05) is 39.1 Å². The Morgan fingerprint density at radius 1 is 1.25 bits per heavy atom. The van der Waals surface area contributed by atoms with Crippen LogP contribution in [0.5, 0.6) is 0 Å². The predicted octanol–water partition coefficient (Wildman–Crippen LogP) is 0.703. The van der Waals surface area contributed by atoms with Crippen LogP contribution in [0.1, 0.15) is 33.1 Å². The van der Waals surface area contributed by atoms with Crippen molar-refractivity contribution in [1.82, 2.24) is 15.1 Å². The molecule has 1 unspecified atom stereocenters. The first-order valence-corrected chi connectivity index (χ1v) is 7.84. The SMILES string of the molecule is CC(C)C1CCC(=O)N(CC(=O)N2CCNCC2)CC1. The molecule has 0 radical (unpaired) electrons. The van der Waals surface area contributed by atoms with Crippen LogP contribution in [0.4, 0.5) is 0 Å². The Hall–Kier alpha value is -1.10. The maximum atomic E-state index is 12.2. The fraction of sp³-hybridized carbons (Fsp3) is 0.867. The van der Waals surface area contributed by atoms with Crippen molar-refractivity contribution in [1.29, 1.82) is 0 Å². The first-order valence-electron chi connectivity index (χ1n) is 7.84. The minimum absolute atomic E-state index is 0.0999. The summed E-state index contributed by atoms with van der Waals surface area (Å²) in [5.41, 5.74) is 0. The van der Waals surface area contributed by atoms with Gasteiger partial charge in [0.25, 0.3) is 0 Å². The van der Waals surface area contributed by atoms with Crippen molar-refractivity contribution >= 4 is 11.8 Å². The molecular formula is C15H27N3O2. The number of carbonyl (C=O) groups excluding carboxylic acids is 2. The lowest BCUT2D eigenvalue weighted by molar-refractivity contribution is -0.140. The summed E-state index contributed by atoms with van der Waals surface area (Å²) in [4.78, 5) is 28.0. The highest BCUT2D eigenvalue weighted by Gasteiger charge is 2.27. The molecule has 5 nitrogen and oxygen atoms in total. The molecule has 2 fully saturated rings. The third-order valence-corrected chi connectivity index (χ3v) is 4.59. The van der Waals surface area contributed by atoms with Gasteiger partial charge in [0.1, 0.15) is 0 Å². The average molecular weight is 281 g/mol. The molecule has 2 aliphatic rings. The molecule has 0 spiro atoms. The summed E-state index contributed by atoms with van der Waals surface area (Å²) in [5, 5.41) is 3.24. The van der Waals surface area contributed by atoms with E-state index in [4.69, 9.17) is 0 Å². The minimum Gasteiger partial charge on any atom is -0.339 e. The highest BCUT2D eigenvalue weighted by atomic mass is 16.2. The zero-order valence-electron chi connectivity index (χ0n) is 12.7. The molecule has 2 aliphatic heterocycles. The Morgan fingerprint density at radius 2 is 1.95 bits per heavy atom. The largest absolute Gasteiger partial charge is 0.339 e. The molecule has 0 saturated carbocycles. The lowest BCUT2D eigenvalue weighted by Gasteiger charge is -2.30. The summed E-state index contributed by atoms with van der Waals surface area (Å²) >= 11 is 0. The molecule has 20 heavy (non-hydrogen) atoms. The van der Waals surface area contributed by atoms with Crippen LogP contribution in [0.3, 0.4) is 0 Å². The molecule has 2 rings (SSSR count). The van der Waals surface area contributed by atoms with E-state index in [1.165, 1.54) is 0 Å². The van der Waals surface area contributed by atoms with E-state index in [1.54, 1.807) is 4.90 Å². The number of hydrogen-bond acceptors (Lipinski definition) is 3. The third kappa shape index (κ3) is 3.95. The van der Waals surface area contributed by atoms with E-state index in [0.29, 0.717) is 18.3 Å². The van der Waals surface area contributed by atoms with Crippen molar-refractivity contribution in [2.45, 2.75) is 33.1 Å². The maximum Gasteiger partial charge on any atom is 0.242 e. The van der Waals surface area contributed by atoms with Gasteiger partial charge in [-0.05, 0) is 24.7 Å². The van der Waals surface area contributed by atoms with Crippen LogP contribution in [0, 0.1) is 11.8 Å². The average Bonchev–Trinajstić information content (AvgIpc) is 2.63. The molecule has 1 N–H and O–H groups in total. The van der Waals surface area contributed by atoms with Crippen molar-refractivity contribution < 1.29 is 9.59 Å². The Morgan fingerprint density at radius 3 is 2.60 bits per heavy atom. The van der Waals surface area contributed by atoms with Gasteiger partial charge in [0.2, 0.25) is 11.8 Å². The lowest BCUT2D eigenvalue weighted by atomic mass is 9.89. The smallest absolute Gasteiger partial charge is 0.242 e. The molecule has 2 heterocycles. The van der Waals surface area contributed by atoms with E-state index in [2.05, 4.69) is 19.2 Å². The summed E-state index contributed by atoms with van der Waals surface area (Å²) in [7, 11) is 0. The van der Waals surface area contributed by atoms with Crippen LogP contribution in [0.2, 0.25) is 0 Å². The van der Waals surface area contributed by atoms with E-state index in [-0.39, 0.29) is 18.4 Å². The van der Waals surface area contributed by atoms with Crippen LogP contribution in [0.15, 0.2) is 0 Å². The summed E-state index contributed by atoms with van der Waals surface area (Å²) in [6.45, 7) is 8.67. The first kappa shape index (κ1) is 15.3. The molecule has 114 valence electrons. The van der Waals surface area contributed by atoms with Crippen LogP contribution >= 0.6 is 0 Å². The van der Waals surface area contributed by atoms with Crippen molar-refractivity contribution in [3.63, 3.8) is 0 Å². The van der Waals surface area contributed by atoms with E-state index in [9.17, 15) is 9.59 Å². The maximum absolute atomic E-state index is 12.2. The quantitative estimate of drug-likeness (QED) is 0.828. The van der Waals surface area contributed by atoms with Gasteiger partial charge in [-0.2, -0.15) is 0 Å². The summed E-state index contributed by atoms with van der Waals surface area (Å²) in [5.74, 6) is 1.48.